The van der Waals surface area contributed by atoms with Crippen LogP contribution in [-0.2, 0) is 6.54 Å². The number of fused-ring (bicyclic) bond motifs is 2. The van der Waals surface area contributed by atoms with Crippen molar-refractivity contribution in [2.24, 2.45) is 0 Å². The fourth-order valence-corrected chi connectivity index (χ4v) is 5.30. The minimum Gasteiger partial charge on any atom is -0.348 e. The predicted octanol–water partition coefficient (Wildman–Crippen LogP) is 4.54. The van der Waals surface area contributed by atoms with Gasteiger partial charge in [0, 0.05) is 30.9 Å². The van der Waals surface area contributed by atoms with Gasteiger partial charge in [-0.3, -0.25) is 14.2 Å². The third kappa shape index (κ3) is 3.64. The molecule has 0 aliphatic carbocycles. The van der Waals surface area contributed by atoms with Gasteiger partial charge in [-0.25, -0.2) is 4.98 Å². The summed E-state index contributed by atoms with van der Waals surface area (Å²) in [7, 11) is 0. The van der Waals surface area contributed by atoms with E-state index in [0.717, 1.165) is 28.4 Å². The number of hydrogen-bond donors (Lipinski definition) is 2. The number of nitrogens with one attached hydrogen (secondary N) is 2. The van der Waals surface area contributed by atoms with Crippen LogP contribution in [0.5, 0.6) is 0 Å². The second-order valence-electron chi connectivity index (χ2n) is 7.57. The molecule has 2 aromatic heterocycles. The van der Waals surface area contributed by atoms with Gasteiger partial charge in [-0.2, -0.15) is 0 Å². The topological polar surface area (TPSA) is 83.0 Å². The molecule has 3 heterocycles. The number of benzene rings is 2. The van der Waals surface area contributed by atoms with Crippen molar-refractivity contribution < 1.29 is 4.79 Å². The molecule has 0 atom stereocenters. The Morgan fingerprint density at radius 1 is 1.23 bits per heavy atom. The lowest BCUT2D eigenvalue weighted by Gasteiger charge is -2.11. The van der Waals surface area contributed by atoms with Gasteiger partial charge in [-0.05, 0) is 68.4 Å². The Hall–Kier alpha value is -3.04. The molecule has 9 heteroatoms. The summed E-state index contributed by atoms with van der Waals surface area (Å²) in [5, 5.41) is 4.50. The zero-order chi connectivity index (χ0) is 21.5. The standard InChI is InChI=1S/C22H21N5O2S2/c1-2-27-20(29)15-7-5-13(11-17(15)24-21(27)30)19(28)23-14-6-8-16-18(12-14)31-22(25-16)26-9-3-4-10-26/h5-8,11-12H,2-4,9-10H2,1H3,(H,23,28)(H,24,30). The van der Waals surface area contributed by atoms with Crippen LogP contribution in [0, 0.1) is 4.77 Å². The number of thiazole rings is 1. The Kier molecular flexibility index (Phi) is 5.07. The van der Waals surface area contributed by atoms with E-state index in [1.165, 1.54) is 17.4 Å². The summed E-state index contributed by atoms with van der Waals surface area (Å²) in [4.78, 5) is 35.5. The second kappa shape index (κ2) is 7.90. The van der Waals surface area contributed by atoms with Crippen LogP contribution >= 0.6 is 23.6 Å². The summed E-state index contributed by atoms with van der Waals surface area (Å²) < 4.78 is 2.89. The highest BCUT2D eigenvalue weighted by molar-refractivity contribution is 7.71. The Balaban J connectivity index is 1.42. The Bertz CT molecular complexity index is 1430. The molecule has 31 heavy (non-hydrogen) atoms. The van der Waals surface area contributed by atoms with Crippen LogP contribution in [0.3, 0.4) is 0 Å². The van der Waals surface area contributed by atoms with Crippen LogP contribution in [0.15, 0.2) is 41.2 Å². The molecule has 2 N–H and O–H groups in total. The maximum atomic E-state index is 12.8. The number of aromatic nitrogens is 3. The number of hydrogen-bond acceptors (Lipinski definition) is 6. The van der Waals surface area contributed by atoms with Crippen molar-refractivity contribution in [3.63, 3.8) is 0 Å². The molecule has 5 rings (SSSR count). The molecule has 7 nitrogen and oxygen atoms in total. The predicted molar refractivity (Wildman–Crippen MR) is 128 cm³/mol. The van der Waals surface area contributed by atoms with Gasteiger partial charge in [-0.1, -0.05) is 11.3 Å². The van der Waals surface area contributed by atoms with E-state index in [4.69, 9.17) is 17.2 Å². The summed E-state index contributed by atoms with van der Waals surface area (Å²) in [6, 6.07) is 10.7. The number of anilines is 2. The number of aromatic amines is 1. The zero-order valence-electron chi connectivity index (χ0n) is 17.0. The molecular formula is C22H21N5O2S2. The summed E-state index contributed by atoms with van der Waals surface area (Å²) in [5.74, 6) is -0.246. The van der Waals surface area contributed by atoms with Gasteiger partial charge in [0.1, 0.15) is 0 Å². The van der Waals surface area contributed by atoms with Crippen molar-refractivity contribution in [2.75, 3.05) is 23.3 Å². The molecule has 0 bridgehead atoms. The van der Waals surface area contributed by atoms with E-state index in [1.54, 1.807) is 29.5 Å². The van der Waals surface area contributed by atoms with E-state index in [9.17, 15) is 9.59 Å². The SMILES string of the molecule is CCn1c(=S)[nH]c2cc(C(=O)Nc3ccc4nc(N5CCCC5)sc4c3)ccc2c1=O. The first-order valence-electron chi connectivity index (χ1n) is 10.3. The van der Waals surface area contributed by atoms with Gasteiger partial charge < -0.3 is 15.2 Å². The van der Waals surface area contributed by atoms with E-state index in [0.29, 0.717) is 33.5 Å². The van der Waals surface area contributed by atoms with Gasteiger partial charge in [-0.15, -0.1) is 0 Å². The van der Waals surface area contributed by atoms with E-state index >= 15 is 0 Å². The number of carbonyl (C=O) groups is 1. The molecule has 0 saturated carbocycles. The summed E-state index contributed by atoms with van der Waals surface area (Å²) in [5.41, 5.74) is 2.51. The van der Waals surface area contributed by atoms with Crippen molar-refractivity contribution in [2.45, 2.75) is 26.3 Å². The molecular weight excluding hydrogens is 430 g/mol. The number of nitrogens with zero attached hydrogens (tertiary/aromatic N) is 3. The van der Waals surface area contributed by atoms with Crippen molar-refractivity contribution in [1.82, 2.24) is 14.5 Å². The first-order valence-corrected chi connectivity index (χ1v) is 11.5. The quantitative estimate of drug-likeness (QED) is 0.445. The Labute approximate surface area is 187 Å². The molecule has 1 saturated heterocycles. The van der Waals surface area contributed by atoms with E-state index in [2.05, 4.69) is 15.2 Å². The highest BCUT2D eigenvalue weighted by Gasteiger charge is 2.17. The average molecular weight is 452 g/mol. The van der Waals surface area contributed by atoms with E-state index in [-0.39, 0.29) is 11.5 Å². The average Bonchev–Trinajstić information content (AvgIpc) is 3.43. The van der Waals surface area contributed by atoms with Crippen LogP contribution in [-0.4, -0.2) is 33.5 Å². The molecule has 1 aliphatic rings. The molecule has 4 aromatic rings. The number of carbonyl (C=O) groups excluding carboxylic acids is 1. The first kappa shape index (κ1) is 19.9. The highest BCUT2D eigenvalue weighted by Crippen LogP contribution is 2.32. The molecule has 0 spiro atoms. The largest absolute Gasteiger partial charge is 0.348 e. The Morgan fingerprint density at radius 2 is 2.03 bits per heavy atom. The van der Waals surface area contributed by atoms with Crippen LogP contribution in [0.4, 0.5) is 10.8 Å². The zero-order valence-corrected chi connectivity index (χ0v) is 18.6. The normalized spacial score (nSPS) is 13.9. The maximum Gasteiger partial charge on any atom is 0.262 e. The lowest BCUT2D eigenvalue weighted by atomic mass is 10.1. The first-order chi connectivity index (χ1) is 15.0. The van der Waals surface area contributed by atoms with Crippen LogP contribution in [0.25, 0.3) is 21.1 Å². The van der Waals surface area contributed by atoms with Crippen molar-refractivity contribution in [1.29, 1.82) is 0 Å². The van der Waals surface area contributed by atoms with E-state index in [1.807, 2.05) is 25.1 Å². The molecule has 1 aliphatic heterocycles. The van der Waals surface area contributed by atoms with Crippen LogP contribution in [0.2, 0.25) is 0 Å². The smallest absolute Gasteiger partial charge is 0.262 e. The fourth-order valence-electron chi connectivity index (χ4n) is 3.92. The molecule has 0 radical (unpaired) electrons. The van der Waals surface area contributed by atoms with Gasteiger partial charge >= 0.3 is 0 Å². The van der Waals surface area contributed by atoms with Gasteiger partial charge in [0.15, 0.2) is 9.90 Å². The van der Waals surface area contributed by atoms with Gasteiger partial charge in [0.05, 0.1) is 21.1 Å². The second-order valence-corrected chi connectivity index (χ2v) is 8.96. The summed E-state index contributed by atoms with van der Waals surface area (Å²) in [6.45, 7) is 4.47. The van der Waals surface area contributed by atoms with Gasteiger partial charge in [0.2, 0.25) is 0 Å². The molecule has 1 amide bonds. The molecule has 158 valence electrons. The molecule has 0 unspecified atom stereocenters. The number of H-pyrrole nitrogens is 1. The van der Waals surface area contributed by atoms with E-state index < -0.39 is 0 Å². The number of amides is 1. The van der Waals surface area contributed by atoms with Crippen molar-refractivity contribution in [3.05, 3.63) is 57.1 Å². The third-order valence-electron chi connectivity index (χ3n) is 5.57. The van der Waals surface area contributed by atoms with Crippen molar-refractivity contribution in [3.8, 4) is 0 Å². The fraction of sp³-hybridized carbons (Fsp3) is 0.273. The third-order valence-corrected chi connectivity index (χ3v) is 6.97. The summed E-state index contributed by atoms with van der Waals surface area (Å²) >= 11 is 6.92. The highest BCUT2D eigenvalue weighted by atomic mass is 32.1. The Morgan fingerprint density at radius 3 is 2.81 bits per heavy atom. The minimum absolute atomic E-state index is 0.155. The number of rotatable bonds is 4. The lowest BCUT2D eigenvalue weighted by molar-refractivity contribution is 0.102. The monoisotopic (exact) mass is 451 g/mol. The summed E-state index contributed by atoms with van der Waals surface area (Å²) in [6.07, 6.45) is 2.42. The van der Waals surface area contributed by atoms with Crippen LogP contribution in [0.1, 0.15) is 30.1 Å². The van der Waals surface area contributed by atoms with Crippen LogP contribution < -0.4 is 15.8 Å². The minimum atomic E-state index is -0.246. The lowest BCUT2D eigenvalue weighted by Crippen LogP contribution is -2.21. The molecule has 1 fully saturated rings. The van der Waals surface area contributed by atoms with Gasteiger partial charge in [0.25, 0.3) is 11.5 Å². The van der Waals surface area contributed by atoms with Crippen molar-refractivity contribution >= 4 is 61.4 Å². The molecule has 2 aromatic carbocycles. The maximum absolute atomic E-state index is 12.8.